The first-order valence-corrected chi connectivity index (χ1v) is 13.9. The fourth-order valence-electron chi connectivity index (χ4n) is 2.91. The van der Waals surface area contributed by atoms with Gasteiger partial charge in [-0.3, -0.25) is 10.1 Å². The van der Waals surface area contributed by atoms with Crippen molar-refractivity contribution >= 4 is 66.8 Å². The second-order valence-corrected chi connectivity index (χ2v) is 12.3. The Morgan fingerprint density at radius 1 is 1.14 bits per heavy atom. The summed E-state index contributed by atoms with van der Waals surface area (Å²) in [5.41, 5.74) is 0. The number of sulfonamides is 1. The van der Waals surface area contributed by atoms with Gasteiger partial charge in [0.1, 0.15) is 9.77 Å². The summed E-state index contributed by atoms with van der Waals surface area (Å²) in [5, 5.41) is 14.8. The van der Waals surface area contributed by atoms with Gasteiger partial charge in [0.25, 0.3) is 5.91 Å². The van der Waals surface area contributed by atoms with Crippen LogP contribution in [0.3, 0.4) is 0 Å². The van der Waals surface area contributed by atoms with Crippen molar-refractivity contribution in [1.82, 2.24) is 14.5 Å². The summed E-state index contributed by atoms with van der Waals surface area (Å²) in [5.74, 6) is 0.324. The van der Waals surface area contributed by atoms with Crippen molar-refractivity contribution in [3.05, 3.63) is 38.7 Å². The number of nitrogens with one attached hydrogen (secondary N) is 1. The van der Waals surface area contributed by atoms with Gasteiger partial charge in [-0.25, -0.2) is 8.42 Å². The number of thiophene rings is 2. The van der Waals surface area contributed by atoms with E-state index < -0.39 is 15.9 Å². The van der Waals surface area contributed by atoms with Gasteiger partial charge in [0.15, 0.2) is 4.34 Å². The zero-order chi connectivity index (χ0) is 20.3. The molecule has 0 aliphatic carbocycles. The van der Waals surface area contributed by atoms with E-state index in [1.165, 1.54) is 26.6 Å². The molecule has 1 saturated heterocycles. The number of aromatic nitrogens is 2. The number of hydrogen-bond donors (Lipinski definition) is 1. The van der Waals surface area contributed by atoms with Gasteiger partial charge in [0.2, 0.25) is 15.2 Å². The molecule has 3 aromatic heterocycles. The summed E-state index contributed by atoms with van der Waals surface area (Å²) in [6.07, 6.45) is 2.73. The summed E-state index contributed by atoms with van der Waals surface area (Å²) in [6, 6.07) is 5.57. The molecule has 4 rings (SSSR count). The number of carbonyl (C=O) groups excluding carboxylic acids is 1. The van der Waals surface area contributed by atoms with Gasteiger partial charge in [-0.15, -0.1) is 32.9 Å². The minimum atomic E-state index is -3.67. The van der Waals surface area contributed by atoms with Crippen molar-refractivity contribution < 1.29 is 13.2 Å². The van der Waals surface area contributed by atoms with Crippen LogP contribution in [-0.4, -0.2) is 41.9 Å². The predicted octanol–water partition coefficient (Wildman–Crippen LogP) is 4.38. The Balaban J connectivity index is 1.44. The first-order chi connectivity index (χ1) is 14.0. The molecule has 4 heterocycles. The molecule has 1 aliphatic rings. The van der Waals surface area contributed by atoms with Crippen LogP contribution < -0.4 is 5.32 Å². The highest BCUT2D eigenvalue weighted by Gasteiger charge is 2.31. The maximum absolute atomic E-state index is 13.0. The second-order valence-electron chi connectivity index (χ2n) is 6.27. The molecule has 0 bridgehead atoms. The van der Waals surface area contributed by atoms with Gasteiger partial charge in [-0.05, 0) is 35.7 Å². The Hall–Kier alpha value is -1.31. The number of hydrogen-bond acceptors (Lipinski definition) is 9. The van der Waals surface area contributed by atoms with E-state index in [0.717, 1.165) is 40.7 Å². The summed E-state index contributed by atoms with van der Waals surface area (Å²) < 4.78 is 28.1. The van der Waals surface area contributed by atoms with Crippen molar-refractivity contribution in [1.29, 1.82) is 0 Å². The fraction of sp³-hybridized carbons (Fsp3) is 0.353. The topological polar surface area (TPSA) is 92.3 Å². The number of rotatable bonds is 7. The Kier molecular flexibility index (Phi) is 6.66. The molecule has 0 aromatic carbocycles. The smallest absolute Gasteiger partial charge is 0.268 e. The fourth-order valence-corrected chi connectivity index (χ4v) is 8.24. The zero-order valence-corrected chi connectivity index (χ0v) is 19.3. The molecular weight excluding hydrogens is 469 g/mol. The van der Waals surface area contributed by atoms with Crippen LogP contribution in [0.2, 0.25) is 0 Å². The number of nitrogens with zero attached hydrogens (tertiary/aromatic N) is 3. The molecule has 3 aromatic rings. The number of piperidine rings is 1. The molecule has 154 valence electrons. The third kappa shape index (κ3) is 4.89. The third-order valence-corrected chi connectivity index (χ3v) is 10.4. The first kappa shape index (κ1) is 20.9. The molecule has 1 aliphatic heterocycles. The van der Waals surface area contributed by atoms with Crippen LogP contribution in [0.5, 0.6) is 0 Å². The maximum atomic E-state index is 13.0. The van der Waals surface area contributed by atoms with E-state index >= 15 is 0 Å². The molecule has 1 fully saturated rings. The lowest BCUT2D eigenvalue weighted by Crippen LogP contribution is -2.36. The number of thioether (sulfide) groups is 1. The first-order valence-electron chi connectivity index (χ1n) is 8.92. The Bertz CT molecular complexity index is 1070. The average molecular weight is 487 g/mol. The van der Waals surface area contributed by atoms with Gasteiger partial charge in [-0.1, -0.05) is 35.6 Å². The van der Waals surface area contributed by atoms with Crippen LogP contribution in [0.25, 0.3) is 0 Å². The van der Waals surface area contributed by atoms with Crippen molar-refractivity contribution in [2.75, 3.05) is 18.4 Å². The monoisotopic (exact) mass is 486 g/mol. The summed E-state index contributed by atoms with van der Waals surface area (Å²) in [7, 11) is -3.67. The van der Waals surface area contributed by atoms with E-state index in [1.807, 2.05) is 11.4 Å². The van der Waals surface area contributed by atoms with Crippen LogP contribution in [0.1, 0.15) is 33.8 Å². The van der Waals surface area contributed by atoms with Gasteiger partial charge >= 0.3 is 0 Å². The van der Waals surface area contributed by atoms with Crippen LogP contribution in [0.15, 0.2) is 38.2 Å². The SMILES string of the molecule is O=C(Nc1nnc(SCc2cccs2)s1)c1sccc1S(=O)(=O)N1CCCCC1. The molecule has 0 atom stereocenters. The van der Waals surface area contributed by atoms with E-state index in [1.54, 1.807) is 28.5 Å². The Labute approximate surface area is 185 Å². The van der Waals surface area contributed by atoms with Gasteiger partial charge in [0.05, 0.1) is 0 Å². The van der Waals surface area contributed by atoms with E-state index in [9.17, 15) is 13.2 Å². The van der Waals surface area contributed by atoms with Gasteiger partial charge in [-0.2, -0.15) is 4.31 Å². The Morgan fingerprint density at radius 3 is 2.72 bits per heavy atom. The van der Waals surface area contributed by atoms with Crippen LogP contribution >= 0.6 is 45.8 Å². The van der Waals surface area contributed by atoms with Crippen molar-refractivity contribution in [2.24, 2.45) is 0 Å². The van der Waals surface area contributed by atoms with Crippen LogP contribution in [-0.2, 0) is 15.8 Å². The molecule has 0 saturated carbocycles. The largest absolute Gasteiger partial charge is 0.296 e. The van der Waals surface area contributed by atoms with Crippen molar-refractivity contribution in [3.63, 3.8) is 0 Å². The summed E-state index contributed by atoms with van der Waals surface area (Å²) in [4.78, 5) is 14.2. The molecule has 0 spiro atoms. The third-order valence-electron chi connectivity index (χ3n) is 4.31. The Morgan fingerprint density at radius 2 is 1.97 bits per heavy atom. The number of carbonyl (C=O) groups is 1. The van der Waals surface area contributed by atoms with Crippen LogP contribution in [0.4, 0.5) is 5.13 Å². The highest BCUT2D eigenvalue weighted by molar-refractivity contribution is 8.00. The minimum absolute atomic E-state index is 0.0682. The van der Waals surface area contributed by atoms with Gasteiger partial charge < -0.3 is 0 Å². The molecule has 0 radical (unpaired) electrons. The van der Waals surface area contributed by atoms with Gasteiger partial charge in [0, 0.05) is 23.7 Å². The maximum Gasteiger partial charge on any atom is 0.268 e. The van der Waals surface area contributed by atoms with E-state index in [-0.39, 0.29) is 9.77 Å². The predicted molar refractivity (Wildman–Crippen MR) is 119 cm³/mol. The molecule has 1 N–H and O–H groups in total. The lowest BCUT2D eigenvalue weighted by Gasteiger charge is -2.25. The molecular formula is C17H18N4O3S5. The highest BCUT2D eigenvalue weighted by atomic mass is 32.2. The van der Waals surface area contributed by atoms with Crippen molar-refractivity contribution in [2.45, 2.75) is 34.3 Å². The average Bonchev–Trinajstić information content (AvgIpc) is 3.48. The standard InChI is InChI=1S/C17H18N4O3S5/c22-15(18-16-19-20-17(28-16)27-11-12-5-4-9-25-12)14-13(6-10-26-14)29(23,24)21-7-2-1-3-8-21/h4-6,9-10H,1-3,7-8,11H2,(H,18,19,22). The second kappa shape index (κ2) is 9.23. The molecule has 0 unspecified atom stereocenters. The van der Waals surface area contributed by atoms with Crippen molar-refractivity contribution in [3.8, 4) is 0 Å². The molecule has 7 nitrogen and oxygen atoms in total. The minimum Gasteiger partial charge on any atom is -0.296 e. The van der Waals surface area contributed by atoms with E-state index in [4.69, 9.17) is 0 Å². The van der Waals surface area contributed by atoms with Crippen LogP contribution in [0, 0.1) is 0 Å². The normalized spacial score (nSPS) is 15.4. The zero-order valence-electron chi connectivity index (χ0n) is 15.2. The lowest BCUT2D eigenvalue weighted by atomic mass is 10.2. The highest BCUT2D eigenvalue weighted by Crippen LogP contribution is 2.31. The number of anilines is 1. The summed E-state index contributed by atoms with van der Waals surface area (Å²) in [6.45, 7) is 1.00. The summed E-state index contributed by atoms with van der Waals surface area (Å²) >= 11 is 5.63. The van der Waals surface area contributed by atoms with E-state index in [2.05, 4.69) is 21.6 Å². The van der Waals surface area contributed by atoms with E-state index in [0.29, 0.717) is 18.2 Å². The number of amides is 1. The lowest BCUT2D eigenvalue weighted by molar-refractivity contribution is 0.102. The molecule has 1 amide bonds. The quantitative estimate of drug-likeness (QED) is 0.394. The molecule has 12 heteroatoms. The molecule has 29 heavy (non-hydrogen) atoms.